The van der Waals surface area contributed by atoms with Crippen LogP contribution in [-0.4, -0.2) is 56.1 Å². The predicted molar refractivity (Wildman–Crippen MR) is 160 cm³/mol. The molecule has 0 aromatic heterocycles. The van der Waals surface area contributed by atoms with Gasteiger partial charge >= 0.3 is 6.09 Å². The fourth-order valence-electron chi connectivity index (χ4n) is 5.43. The Kier molecular flexibility index (Phi) is 9.06. The zero-order valence-corrected chi connectivity index (χ0v) is 23.4. The van der Waals surface area contributed by atoms with Crippen LogP contribution in [0.1, 0.15) is 29.0 Å². The molecule has 1 N–H and O–H groups in total. The molecule has 1 saturated heterocycles. The normalized spacial score (nSPS) is 17.1. The third-order valence-electron chi connectivity index (χ3n) is 7.51. The molecule has 7 heteroatoms. The fourth-order valence-corrected chi connectivity index (χ4v) is 5.43. The molecule has 2 unspecified atom stereocenters. The van der Waals surface area contributed by atoms with E-state index in [1.165, 1.54) is 4.90 Å². The lowest BCUT2D eigenvalue weighted by molar-refractivity contribution is -0.0204. The summed E-state index contributed by atoms with van der Waals surface area (Å²) in [5.41, 5.74) is 3.07. The number of benzene rings is 4. The van der Waals surface area contributed by atoms with Gasteiger partial charge in [-0.15, -0.1) is 0 Å². The van der Waals surface area contributed by atoms with E-state index in [0.29, 0.717) is 19.6 Å². The molecule has 0 spiro atoms. The lowest BCUT2D eigenvalue weighted by Gasteiger charge is -2.37. The molecule has 0 aliphatic carbocycles. The minimum absolute atomic E-state index is 0.0333. The number of carbonyl (C=O) groups is 1. The maximum Gasteiger partial charge on any atom is 0.407 e. The molecule has 212 valence electrons. The lowest BCUT2D eigenvalue weighted by atomic mass is 9.87. The monoisotopic (exact) mass is 553 g/mol. The second-order valence-corrected chi connectivity index (χ2v) is 9.98. The van der Waals surface area contributed by atoms with Gasteiger partial charge in [0.2, 0.25) is 0 Å². The number of fused-ring (bicyclic) bond motifs is 1. The van der Waals surface area contributed by atoms with Crippen LogP contribution in [0, 0.1) is 0 Å². The number of methoxy groups -OCH3 is 2. The van der Waals surface area contributed by atoms with E-state index >= 15 is 0 Å². The van der Waals surface area contributed by atoms with E-state index in [1.807, 2.05) is 97.1 Å². The Hall–Kier alpha value is -4.49. The predicted octanol–water partition coefficient (Wildman–Crippen LogP) is 7.00. The first-order valence-electron chi connectivity index (χ1n) is 13.7. The van der Waals surface area contributed by atoms with Crippen molar-refractivity contribution in [3.05, 3.63) is 108 Å². The summed E-state index contributed by atoms with van der Waals surface area (Å²) in [5, 5.41) is 11.6. The summed E-state index contributed by atoms with van der Waals surface area (Å²) in [5.74, 6) is 2.28. The van der Waals surface area contributed by atoms with Crippen molar-refractivity contribution < 1.29 is 28.8 Å². The second kappa shape index (κ2) is 13.2. The van der Waals surface area contributed by atoms with Gasteiger partial charge in [0.25, 0.3) is 0 Å². The molecule has 1 aliphatic rings. The molecule has 41 heavy (non-hydrogen) atoms. The van der Waals surface area contributed by atoms with Crippen LogP contribution >= 0.6 is 0 Å². The first-order chi connectivity index (χ1) is 20.1. The quantitative estimate of drug-likeness (QED) is 0.228. The first kappa shape index (κ1) is 28.1. The van der Waals surface area contributed by atoms with E-state index in [0.717, 1.165) is 44.7 Å². The smallest absolute Gasteiger partial charge is 0.407 e. The Labute approximate surface area is 240 Å². The van der Waals surface area contributed by atoms with E-state index < -0.39 is 6.09 Å². The highest BCUT2D eigenvalue weighted by Gasteiger charge is 2.33. The largest absolute Gasteiger partial charge is 0.496 e. The summed E-state index contributed by atoms with van der Waals surface area (Å²) in [6, 6.07) is 28.0. The fraction of sp³-hybridized carbons (Fsp3) is 0.265. The molecule has 1 amide bonds. The molecule has 2 atom stereocenters. The summed E-state index contributed by atoms with van der Waals surface area (Å²) in [7, 11) is 3.29. The van der Waals surface area contributed by atoms with Crippen molar-refractivity contribution in [1.82, 2.24) is 4.90 Å². The van der Waals surface area contributed by atoms with Gasteiger partial charge in [-0.3, -0.25) is 0 Å². The third kappa shape index (κ3) is 6.64. The van der Waals surface area contributed by atoms with Crippen LogP contribution < -0.4 is 14.2 Å². The summed E-state index contributed by atoms with van der Waals surface area (Å²) in [4.78, 5) is 13.2. The van der Waals surface area contributed by atoms with Crippen molar-refractivity contribution in [1.29, 1.82) is 0 Å². The Morgan fingerprint density at radius 3 is 2.39 bits per heavy atom. The van der Waals surface area contributed by atoms with Crippen molar-refractivity contribution in [3.8, 4) is 17.2 Å². The summed E-state index contributed by atoms with van der Waals surface area (Å²) < 4.78 is 23.8. The minimum atomic E-state index is -0.936. The van der Waals surface area contributed by atoms with Gasteiger partial charge in [0.1, 0.15) is 23.9 Å². The molecule has 5 rings (SSSR count). The van der Waals surface area contributed by atoms with Crippen molar-refractivity contribution >= 4 is 22.9 Å². The number of rotatable bonds is 10. The molecule has 1 fully saturated rings. The first-order valence-corrected chi connectivity index (χ1v) is 13.7. The minimum Gasteiger partial charge on any atom is -0.496 e. The Morgan fingerprint density at radius 2 is 1.68 bits per heavy atom. The summed E-state index contributed by atoms with van der Waals surface area (Å²) >= 11 is 0. The Morgan fingerprint density at radius 1 is 0.951 bits per heavy atom. The molecule has 1 aliphatic heterocycles. The number of piperidine rings is 1. The van der Waals surface area contributed by atoms with Crippen molar-refractivity contribution in [2.45, 2.75) is 25.0 Å². The maximum atomic E-state index is 11.8. The number of ether oxygens (including phenoxy) is 4. The standard InChI is InChI=1S/C34H35NO6/c1-38-31-21-26(33(39-2)30-13-7-6-12-29(30)31)23-41-32-22-35(34(36)37)19-18-28(32)25-14-16-27(17-15-25)40-20-8-11-24-9-4-3-5-10-24/h3-17,21,28,32H,18-20,22-23H2,1-2H3,(H,36,37). The molecule has 4 aromatic carbocycles. The van der Waals surface area contributed by atoms with Crippen LogP contribution in [0.5, 0.6) is 17.2 Å². The molecule has 0 radical (unpaired) electrons. The molecular formula is C34H35NO6. The van der Waals surface area contributed by atoms with E-state index in [2.05, 4.69) is 0 Å². The van der Waals surface area contributed by atoms with Gasteiger partial charge in [0.05, 0.1) is 33.5 Å². The Bertz CT molecular complexity index is 1480. The van der Waals surface area contributed by atoms with Gasteiger partial charge in [-0.1, -0.05) is 72.8 Å². The lowest BCUT2D eigenvalue weighted by Crippen LogP contribution is -2.46. The van der Waals surface area contributed by atoms with Crippen molar-refractivity contribution in [3.63, 3.8) is 0 Å². The molecular weight excluding hydrogens is 518 g/mol. The second-order valence-electron chi connectivity index (χ2n) is 9.98. The number of hydrogen-bond donors (Lipinski definition) is 1. The van der Waals surface area contributed by atoms with Crippen LogP contribution in [0.2, 0.25) is 0 Å². The zero-order valence-electron chi connectivity index (χ0n) is 23.4. The van der Waals surface area contributed by atoms with Crippen LogP contribution in [-0.2, 0) is 11.3 Å². The van der Waals surface area contributed by atoms with Crippen LogP contribution in [0.25, 0.3) is 16.8 Å². The summed E-state index contributed by atoms with van der Waals surface area (Å²) in [6.07, 6.45) is 3.42. The van der Waals surface area contributed by atoms with Gasteiger partial charge in [0.15, 0.2) is 0 Å². The average Bonchev–Trinajstić information content (AvgIpc) is 3.02. The van der Waals surface area contributed by atoms with Gasteiger partial charge in [0, 0.05) is 28.8 Å². The summed E-state index contributed by atoms with van der Waals surface area (Å²) in [6.45, 7) is 1.47. The number of amides is 1. The number of nitrogens with zero attached hydrogens (tertiary/aromatic N) is 1. The Balaban J connectivity index is 1.30. The van der Waals surface area contributed by atoms with Gasteiger partial charge in [-0.25, -0.2) is 4.79 Å². The van der Waals surface area contributed by atoms with E-state index in [4.69, 9.17) is 18.9 Å². The zero-order chi connectivity index (χ0) is 28.6. The molecule has 1 heterocycles. The van der Waals surface area contributed by atoms with E-state index in [1.54, 1.807) is 14.2 Å². The average molecular weight is 554 g/mol. The molecule has 7 nitrogen and oxygen atoms in total. The third-order valence-corrected chi connectivity index (χ3v) is 7.51. The topological polar surface area (TPSA) is 77.5 Å². The maximum absolute atomic E-state index is 11.8. The number of hydrogen-bond acceptors (Lipinski definition) is 5. The van der Waals surface area contributed by atoms with Crippen LogP contribution in [0.4, 0.5) is 4.79 Å². The van der Waals surface area contributed by atoms with Gasteiger partial charge in [-0.2, -0.15) is 0 Å². The highest BCUT2D eigenvalue weighted by molar-refractivity contribution is 5.94. The van der Waals surface area contributed by atoms with E-state index in [-0.39, 0.29) is 25.2 Å². The highest BCUT2D eigenvalue weighted by Crippen LogP contribution is 2.38. The SMILES string of the molecule is COc1cc(COC2CN(C(=O)O)CCC2c2ccc(OCC=Cc3ccccc3)cc2)c(OC)c2ccccc12. The van der Waals surface area contributed by atoms with Crippen LogP contribution in [0.3, 0.4) is 0 Å². The number of carboxylic acid groups (broad SMARTS) is 1. The molecule has 0 bridgehead atoms. The van der Waals surface area contributed by atoms with Crippen molar-refractivity contribution in [2.24, 2.45) is 0 Å². The van der Waals surface area contributed by atoms with Gasteiger partial charge in [-0.05, 0) is 41.8 Å². The highest BCUT2D eigenvalue weighted by atomic mass is 16.5. The van der Waals surface area contributed by atoms with Gasteiger partial charge < -0.3 is 29.0 Å². The number of likely N-dealkylation sites (tertiary alicyclic amines) is 1. The van der Waals surface area contributed by atoms with Crippen LogP contribution in [0.15, 0.2) is 91.0 Å². The molecule has 4 aromatic rings. The van der Waals surface area contributed by atoms with Crippen molar-refractivity contribution in [2.75, 3.05) is 33.9 Å². The van der Waals surface area contributed by atoms with E-state index in [9.17, 15) is 9.90 Å². The molecule has 0 saturated carbocycles.